The predicted octanol–water partition coefficient (Wildman–Crippen LogP) is 3.18. The molecule has 0 spiro atoms. The van der Waals surface area contributed by atoms with Crippen LogP contribution in [0.25, 0.3) is 0 Å². The summed E-state index contributed by atoms with van der Waals surface area (Å²) in [5, 5.41) is 6.09. The standard InChI is InChI=1S/C17H23N3O/c1-4-9-20-10-5-6-15(20)12-19-16-8-7-14(11-13(16)2)17(21)18-3/h5-8,10-11,19H,4,9,12H2,1-3H3,(H,18,21). The highest BCUT2D eigenvalue weighted by Crippen LogP contribution is 2.18. The highest BCUT2D eigenvalue weighted by molar-refractivity contribution is 5.94. The van der Waals surface area contributed by atoms with Gasteiger partial charge in [0, 0.05) is 36.7 Å². The van der Waals surface area contributed by atoms with E-state index < -0.39 is 0 Å². The minimum absolute atomic E-state index is 0.0542. The lowest BCUT2D eigenvalue weighted by Gasteiger charge is -2.13. The summed E-state index contributed by atoms with van der Waals surface area (Å²) < 4.78 is 2.27. The number of anilines is 1. The van der Waals surface area contributed by atoms with E-state index in [1.807, 2.05) is 25.1 Å². The quantitative estimate of drug-likeness (QED) is 0.856. The molecule has 2 N–H and O–H groups in total. The molecule has 112 valence electrons. The molecule has 0 aliphatic carbocycles. The third kappa shape index (κ3) is 3.66. The summed E-state index contributed by atoms with van der Waals surface area (Å²) in [6.07, 6.45) is 3.24. The van der Waals surface area contributed by atoms with Gasteiger partial charge in [0.15, 0.2) is 0 Å². The number of aryl methyl sites for hydroxylation is 2. The lowest BCUT2D eigenvalue weighted by Crippen LogP contribution is -2.18. The van der Waals surface area contributed by atoms with Gasteiger partial charge >= 0.3 is 0 Å². The average Bonchev–Trinajstić information content (AvgIpc) is 2.93. The molecular weight excluding hydrogens is 262 g/mol. The maximum atomic E-state index is 11.6. The minimum atomic E-state index is -0.0542. The van der Waals surface area contributed by atoms with E-state index in [0.717, 1.165) is 30.8 Å². The number of benzene rings is 1. The fraction of sp³-hybridized carbons (Fsp3) is 0.353. The molecule has 0 aliphatic heterocycles. The Morgan fingerprint density at radius 3 is 2.76 bits per heavy atom. The maximum absolute atomic E-state index is 11.6. The van der Waals surface area contributed by atoms with Crippen molar-refractivity contribution < 1.29 is 4.79 Å². The predicted molar refractivity (Wildman–Crippen MR) is 86.6 cm³/mol. The molecule has 2 rings (SSSR count). The zero-order valence-electron chi connectivity index (χ0n) is 12.9. The molecule has 4 nitrogen and oxygen atoms in total. The van der Waals surface area contributed by atoms with Gasteiger partial charge in [-0.05, 0) is 49.2 Å². The summed E-state index contributed by atoms with van der Waals surface area (Å²) in [4.78, 5) is 11.6. The third-order valence-electron chi connectivity index (χ3n) is 3.56. The molecule has 4 heteroatoms. The fourth-order valence-electron chi connectivity index (χ4n) is 2.40. The van der Waals surface area contributed by atoms with Gasteiger partial charge in [-0.15, -0.1) is 0 Å². The van der Waals surface area contributed by atoms with Crippen LogP contribution in [0.5, 0.6) is 0 Å². The van der Waals surface area contributed by atoms with Crippen LogP contribution in [0.3, 0.4) is 0 Å². The minimum Gasteiger partial charge on any atom is -0.379 e. The van der Waals surface area contributed by atoms with Gasteiger partial charge in [0.1, 0.15) is 0 Å². The van der Waals surface area contributed by atoms with Crippen LogP contribution in [0.1, 0.15) is 35.0 Å². The van der Waals surface area contributed by atoms with Crippen molar-refractivity contribution in [1.29, 1.82) is 0 Å². The third-order valence-corrected chi connectivity index (χ3v) is 3.56. The van der Waals surface area contributed by atoms with Crippen molar-refractivity contribution >= 4 is 11.6 Å². The molecule has 0 fully saturated rings. The molecule has 0 saturated carbocycles. The first-order chi connectivity index (χ1) is 10.2. The zero-order valence-corrected chi connectivity index (χ0v) is 12.9. The highest BCUT2D eigenvalue weighted by atomic mass is 16.1. The maximum Gasteiger partial charge on any atom is 0.251 e. The SMILES string of the molecule is CCCn1cccc1CNc1ccc(C(=O)NC)cc1C. The van der Waals surface area contributed by atoms with E-state index in [0.29, 0.717) is 5.56 Å². The van der Waals surface area contributed by atoms with Crippen molar-refractivity contribution in [1.82, 2.24) is 9.88 Å². The number of rotatable bonds is 6. The number of hydrogen-bond acceptors (Lipinski definition) is 2. The molecule has 0 bridgehead atoms. The van der Waals surface area contributed by atoms with E-state index >= 15 is 0 Å². The summed E-state index contributed by atoms with van der Waals surface area (Å²) in [5.41, 5.74) is 4.10. The number of carbonyl (C=O) groups excluding carboxylic acids is 1. The number of aromatic nitrogens is 1. The number of nitrogens with zero attached hydrogens (tertiary/aromatic N) is 1. The summed E-state index contributed by atoms with van der Waals surface area (Å²) in [7, 11) is 1.64. The summed E-state index contributed by atoms with van der Waals surface area (Å²) >= 11 is 0. The van der Waals surface area contributed by atoms with E-state index in [4.69, 9.17) is 0 Å². The largest absolute Gasteiger partial charge is 0.379 e. The van der Waals surface area contributed by atoms with Gasteiger partial charge in [0.2, 0.25) is 0 Å². The Morgan fingerprint density at radius 1 is 1.29 bits per heavy atom. The topological polar surface area (TPSA) is 46.1 Å². The monoisotopic (exact) mass is 285 g/mol. The van der Waals surface area contributed by atoms with Crippen molar-refractivity contribution in [3.05, 3.63) is 53.3 Å². The Morgan fingerprint density at radius 2 is 2.10 bits per heavy atom. The second-order valence-corrected chi connectivity index (χ2v) is 5.16. The number of amides is 1. The zero-order chi connectivity index (χ0) is 15.2. The van der Waals surface area contributed by atoms with Crippen LogP contribution in [0, 0.1) is 6.92 Å². The van der Waals surface area contributed by atoms with Gasteiger partial charge in [-0.1, -0.05) is 6.92 Å². The summed E-state index contributed by atoms with van der Waals surface area (Å²) in [5.74, 6) is -0.0542. The van der Waals surface area contributed by atoms with Gasteiger partial charge < -0.3 is 15.2 Å². The van der Waals surface area contributed by atoms with Crippen LogP contribution in [-0.4, -0.2) is 17.5 Å². The van der Waals surface area contributed by atoms with Crippen LogP contribution >= 0.6 is 0 Å². The van der Waals surface area contributed by atoms with E-state index in [1.54, 1.807) is 7.05 Å². The van der Waals surface area contributed by atoms with Crippen LogP contribution in [0.2, 0.25) is 0 Å². The van der Waals surface area contributed by atoms with E-state index in [2.05, 4.69) is 40.5 Å². The lowest BCUT2D eigenvalue weighted by atomic mass is 10.1. The molecule has 1 aromatic heterocycles. The van der Waals surface area contributed by atoms with Crippen molar-refractivity contribution in [3.8, 4) is 0 Å². The van der Waals surface area contributed by atoms with Crippen LogP contribution in [-0.2, 0) is 13.1 Å². The van der Waals surface area contributed by atoms with Crippen LogP contribution in [0.15, 0.2) is 36.5 Å². The molecule has 0 unspecified atom stereocenters. The normalized spacial score (nSPS) is 10.4. The molecular formula is C17H23N3O. The molecule has 21 heavy (non-hydrogen) atoms. The van der Waals surface area contributed by atoms with E-state index in [-0.39, 0.29) is 5.91 Å². The van der Waals surface area contributed by atoms with Crippen molar-refractivity contribution in [2.24, 2.45) is 0 Å². The Balaban J connectivity index is 2.06. The van der Waals surface area contributed by atoms with Crippen LogP contribution < -0.4 is 10.6 Å². The van der Waals surface area contributed by atoms with Gasteiger partial charge in [0.05, 0.1) is 6.54 Å². The summed E-state index contributed by atoms with van der Waals surface area (Å²) in [6.45, 7) is 6.02. The molecule has 0 aliphatic rings. The highest BCUT2D eigenvalue weighted by Gasteiger charge is 2.06. The average molecular weight is 285 g/mol. The Hall–Kier alpha value is -2.23. The Kier molecular flexibility index (Phi) is 5.04. The molecule has 0 radical (unpaired) electrons. The lowest BCUT2D eigenvalue weighted by molar-refractivity contribution is 0.0963. The van der Waals surface area contributed by atoms with E-state index in [1.165, 1.54) is 5.69 Å². The van der Waals surface area contributed by atoms with Crippen molar-refractivity contribution in [2.45, 2.75) is 33.4 Å². The summed E-state index contributed by atoms with van der Waals surface area (Å²) in [6, 6.07) is 9.93. The molecule has 1 aromatic carbocycles. The van der Waals surface area contributed by atoms with Gasteiger partial charge in [0.25, 0.3) is 5.91 Å². The molecule has 0 saturated heterocycles. The van der Waals surface area contributed by atoms with Crippen molar-refractivity contribution in [2.75, 3.05) is 12.4 Å². The van der Waals surface area contributed by atoms with Gasteiger partial charge in [-0.2, -0.15) is 0 Å². The van der Waals surface area contributed by atoms with E-state index in [9.17, 15) is 4.79 Å². The first kappa shape index (κ1) is 15.2. The van der Waals surface area contributed by atoms with Crippen LogP contribution in [0.4, 0.5) is 5.69 Å². The van der Waals surface area contributed by atoms with Gasteiger partial charge in [-0.25, -0.2) is 0 Å². The molecule has 0 atom stereocenters. The number of carbonyl (C=O) groups is 1. The Labute approximate surface area is 126 Å². The second-order valence-electron chi connectivity index (χ2n) is 5.16. The first-order valence-electron chi connectivity index (χ1n) is 7.36. The smallest absolute Gasteiger partial charge is 0.251 e. The Bertz CT molecular complexity index is 616. The fourth-order valence-corrected chi connectivity index (χ4v) is 2.40. The molecule has 1 heterocycles. The molecule has 1 amide bonds. The number of hydrogen-bond donors (Lipinski definition) is 2. The number of nitrogens with one attached hydrogen (secondary N) is 2. The second kappa shape index (κ2) is 6.97. The first-order valence-corrected chi connectivity index (χ1v) is 7.36. The molecule has 2 aromatic rings. The van der Waals surface area contributed by atoms with Crippen molar-refractivity contribution in [3.63, 3.8) is 0 Å². The van der Waals surface area contributed by atoms with Gasteiger partial charge in [-0.3, -0.25) is 4.79 Å².